The minimum absolute atomic E-state index is 0.00382. The minimum atomic E-state index is -3.81. The second kappa shape index (κ2) is 11.6. The highest BCUT2D eigenvalue weighted by Crippen LogP contribution is 2.37. The van der Waals surface area contributed by atoms with Crippen LogP contribution in [0.1, 0.15) is 26.7 Å². The molecule has 0 aliphatic rings. The number of carbonyl (C=O) groups is 1. The van der Waals surface area contributed by atoms with Crippen LogP contribution in [-0.2, 0) is 10.0 Å². The van der Waals surface area contributed by atoms with E-state index >= 15 is 0 Å². The maximum absolute atomic E-state index is 13.0. The predicted octanol–water partition coefficient (Wildman–Crippen LogP) is 7.10. The van der Waals surface area contributed by atoms with Crippen LogP contribution >= 0.6 is 27.3 Å². The minimum Gasteiger partial charge on any atom is -0.457 e. The molecule has 0 aliphatic heterocycles. The smallest absolute Gasteiger partial charge is 0.256 e. The third kappa shape index (κ3) is 6.53. The number of halogens is 1. The Hall–Kier alpha value is -4.34. The largest absolute Gasteiger partial charge is 0.457 e. The van der Waals surface area contributed by atoms with Crippen molar-refractivity contribution in [2.45, 2.75) is 11.8 Å². The van der Waals surface area contributed by atoms with Gasteiger partial charge in [0.1, 0.15) is 33.3 Å². The molecule has 5 aromatic rings. The monoisotopic (exact) mass is 644 g/mol. The molecule has 2 heterocycles. The molecule has 11 heteroatoms. The molecule has 0 unspecified atom stereocenters. The highest BCUT2D eigenvalue weighted by molar-refractivity contribution is 9.10. The van der Waals surface area contributed by atoms with Crippen LogP contribution < -0.4 is 10.5 Å². The summed E-state index contributed by atoms with van der Waals surface area (Å²) >= 11 is 4.57. The first-order chi connectivity index (χ1) is 19.6. The van der Waals surface area contributed by atoms with Gasteiger partial charge < -0.3 is 9.73 Å². The zero-order chi connectivity index (χ0) is 29.1. The fraction of sp³-hybridized carbons (Fsp3) is 0.0333. The molecule has 0 saturated carbocycles. The van der Waals surface area contributed by atoms with Crippen molar-refractivity contribution in [2.24, 2.45) is 5.14 Å². The molecule has 41 heavy (non-hydrogen) atoms. The van der Waals surface area contributed by atoms with E-state index in [0.717, 1.165) is 15.6 Å². The van der Waals surface area contributed by atoms with Gasteiger partial charge in [0.15, 0.2) is 0 Å². The standard InChI is InChI=1S/C30H21BrN4O4S2/c1-18-2-4-20(5-3-18)27-30(35-28(36)21-6-10-23(31)11-7-21)40-29(34-27)22(17-32)16-24-12-15-26(39-24)19-8-13-25(14-9-19)41(33,37)38/h2-16H,1H3,(H,35,36)(H2,33,37,38)/b22-16+. The second-order valence-corrected chi connectivity index (χ2v) is 12.4. The Kier molecular flexibility index (Phi) is 8.01. The Bertz CT molecular complexity index is 1920. The molecule has 8 nitrogen and oxygen atoms in total. The number of amides is 1. The van der Waals surface area contributed by atoms with E-state index < -0.39 is 10.0 Å². The van der Waals surface area contributed by atoms with Crippen LogP contribution in [0.3, 0.4) is 0 Å². The summed E-state index contributed by atoms with van der Waals surface area (Å²) in [6.07, 6.45) is 1.57. The first-order valence-electron chi connectivity index (χ1n) is 12.1. The molecule has 0 bridgehead atoms. The molecule has 0 aliphatic carbocycles. The van der Waals surface area contributed by atoms with Crippen LogP contribution in [0.5, 0.6) is 0 Å². The van der Waals surface area contributed by atoms with Crippen LogP contribution in [0.2, 0.25) is 0 Å². The fourth-order valence-electron chi connectivity index (χ4n) is 3.88. The number of furan rings is 1. The number of sulfonamides is 1. The number of allylic oxidation sites excluding steroid dienone is 1. The van der Waals surface area contributed by atoms with Crippen LogP contribution in [0.15, 0.2) is 98.7 Å². The molecule has 0 saturated heterocycles. The number of anilines is 1. The maximum atomic E-state index is 13.0. The number of nitriles is 1. The van der Waals surface area contributed by atoms with Crippen molar-refractivity contribution >= 4 is 59.8 Å². The Morgan fingerprint density at radius 2 is 1.66 bits per heavy atom. The molecule has 3 N–H and O–H groups in total. The first kappa shape index (κ1) is 28.2. The number of nitrogens with two attached hydrogens (primary N) is 1. The molecular formula is C30H21BrN4O4S2. The van der Waals surface area contributed by atoms with Gasteiger partial charge in [-0.1, -0.05) is 57.1 Å². The highest BCUT2D eigenvalue weighted by Gasteiger charge is 2.19. The number of aromatic nitrogens is 1. The van der Waals surface area contributed by atoms with Crippen molar-refractivity contribution in [2.75, 3.05) is 5.32 Å². The van der Waals surface area contributed by atoms with E-state index in [1.807, 2.05) is 31.2 Å². The number of hydrogen-bond acceptors (Lipinski definition) is 7. The van der Waals surface area contributed by atoms with Crippen LogP contribution in [0.4, 0.5) is 5.00 Å². The number of thiazole rings is 1. The van der Waals surface area contributed by atoms with Crippen LogP contribution in [-0.4, -0.2) is 19.3 Å². The molecule has 0 fully saturated rings. The van der Waals surface area contributed by atoms with Gasteiger partial charge in [0.2, 0.25) is 10.0 Å². The van der Waals surface area contributed by atoms with Crippen molar-refractivity contribution in [3.05, 3.63) is 111 Å². The summed E-state index contributed by atoms with van der Waals surface area (Å²) in [5.41, 5.74) is 3.79. The fourth-order valence-corrected chi connectivity index (χ4v) is 5.61. The number of benzene rings is 3. The van der Waals surface area contributed by atoms with Gasteiger partial charge in [-0.25, -0.2) is 18.5 Å². The van der Waals surface area contributed by atoms with Gasteiger partial charge in [0.05, 0.1) is 10.5 Å². The third-order valence-corrected chi connectivity index (χ3v) is 8.48. The van der Waals surface area contributed by atoms with Crippen molar-refractivity contribution in [3.8, 4) is 28.7 Å². The van der Waals surface area contributed by atoms with Crippen molar-refractivity contribution in [1.29, 1.82) is 5.26 Å². The van der Waals surface area contributed by atoms with E-state index in [4.69, 9.17) is 14.5 Å². The topological polar surface area (TPSA) is 139 Å². The maximum Gasteiger partial charge on any atom is 0.256 e. The number of primary sulfonamides is 1. The van der Waals surface area contributed by atoms with Gasteiger partial charge in [-0.3, -0.25) is 4.79 Å². The summed E-state index contributed by atoms with van der Waals surface area (Å²) in [5, 5.41) is 19.1. The quantitative estimate of drug-likeness (QED) is 0.181. The van der Waals surface area contributed by atoms with E-state index in [9.17, 15) is 18.5 Å². The lowest BCUT2D eigenvalue weighted by molar-refractivity contribution is 0.102. The highest BCUT2D eigenvalue weighted by atomic mass is 79.9. The SMILES string of the molecule is Cc1ccc(-c2nc(/C(C#N)=C/c3ccc(-c4ccc(S(N)(=O)=O)cc4)o3)sc2NC(=O)c2ccc(Br)cc2)cc1. The zero-order valence-corrected chi connectivity index (χ0v) is 24.7. The summed E-state index contributed by atoms with van der Waals surface area (Å²) in [7, 11) is -3.81. The molecule has 3 aromatic carbocycles. The second-order valence-electron chi connectivity index (χ2n) is 8.97. The van der Waals surface area contributed by atoms with E-state index in [2.05, 4.69) is 27.3 Å². The summed E-state index contributed by atoms with van der Waals surface area (Å²) in [6.45, 7) is 1.98. The number of aryl methyl sites for hydroxylation is 1. The lowest BCUT2D eigenvalue weighted by Gasteiger charge is -2.06. The summed E-state index contributed by atoms with van der Waals surface area (Å²) in [6, 6.07) is 26.3. The third-order valence-electron chi connectivity index (χ3n) is 6.02. The van der Waals surface area contributed by atoms with Crippen molar-refractivity contribution < 1.29 is 17.6 Å². The lowest BCUT2D eigenvalue weighted by atomic mass is 10.1. The number of hydrogen-bond donors (Lipinski definition) is 2. The summed E-state index contributed by atoms with van der Waals surface area (Å²) in [5.74, 6) is 0.587. The van der Waals surface area contributed by atoms with Gasteiger partial charge in [-0.15, -0.1) is 0 Å². The summed E-state index contributed by atoms with van der Waals surface area (Å²) < 4.78 is 29.8. The van der Waals surface area contributed by atoms with Crippen molar-refractivity contribution in [1.82, 2.24) is 4.98 Å². The van der Waals surface area contributed by atoms with Gasteiger partial charge in [-0.2, -0.15) is 5.26 Å². The zero-order valence-electron chi connectivity index (χ0n) is 21.5. The lowest BCUT2D eigenvalue weighted by Crippen LogP contribution is -2.11. The van der Waals surface area contributed by atoms with Gasteiger partial charge in [0.25, 0.3) is 5.91 Å². The van der Waals surface area contributed by atoms with E-state index in [-0.39, 0.29) is 16.4 Å². The van der Waals surface area contributed by atoms with E-state index in [1.54, 1.807) is 54.6 Å². The Labute approximate surface area is 249 Å². The number of carbonyl (C=O) groups excluding carboxylic acids is 1. The van der Waals surface area contributed by atoms with Crippen LogP contribution in [0, 0.1) is 18.3 Å². The molecule has 0 atom stereocenters. The Morgan fingerprint density at radius 1 is 1.00 bits per heavy atom. The van der Waals surface area contributed by atoms with Crippen LogP contribution in [0.25, 0.3) is 34.2 Å². The average Bonchev–Trinajstić information content (AvgIpc) is 3.59. The number of nitrogens with zero attached hydrogens (tertiary/aromatic N) is 2. The summed E-state index contributed by atoms with van der Waals surface area (Å²) in [4.78, 5) is 17.8. The van der Waals surface area contributed by atoms with Gasteiger partial charge in [-0.05, 0) is 67.6 Å². The Morgan fingerprint density at radius 3 is 2.29 bits per heavy atom. The number of rotatable bonds is 7. The molecule has 204 valence electrons. The van der Waals surface area contributed by atoms with Crippen molar-refractivity contribution in [3.63, 3.8) is 0 Å². The normalized spacial score (nSPS) is 11.7. The molecule has 0 spiro atoms. The molecule has 1 amide bonds. The molecule has 5 rings (SSSR count). The van der Waals surface area contributed by atoms with E-state index in [0.29, 0.717) is 38.4 Å². The average molecular weight is 646 g/mol. The molecule has 0 radical (unpaired) electrons. The predicted molar refractivity (Wildman–Crippen MR) is 163 cm³/mol. The Balaban J connectivity index is 1.48. The van der Waals surface area contributed by atoms with E-state index in [1.165, 1.54) is 23.5 Å². The molecular weight excluding hydrogens is 624 g/mol. The molecule has 2 aromatic heterocycles. The van der Waals surface area contributed by atoms with Gasteiger partial charge in [0, 0.05) is 27.2 Å². The van der Waals surface area contributed by atoms with Gasteiger partial charge >= 0.3 is 0 Å². The first-order valence-corrected chi connectivity index (χ1v) is 15.3. The number of nitrogens with one attached hydrogen (secondary N) is 1.